The predicted molar refractivity (Wildman–Crippen MR) is 88.2 cm³/mol. The number of benzene rings is 1. The van der Waals surface area contributed by atoms with Crippen LogP contribution in [0.15, 0.2) is 35.7 Å². The highest BCUT2D eigenvalue weighted by Crippen LogP contribution is 2.32. The summed E-state index contributed by atoms with van der Waals surface area (Å²) in [6, 6.07) is 11.4. The van der Waals surface area contributed by atoms with Gasteiger partial charge in [-0.15, -0.1) is 11.3 Å². The fourth-order valence-electron chi connectivity index (χ4n) is 2.65. The molecule has 1 aromatic heterocycles. The number of nitrogens with zero attached hydrogens (tertiary/aromatic N) is 1. The second-order valence-corrected chi connectivity index (χ2v) is 6.38. The van der Waals surface area contributed by atoms with Gasteiger partial charge in [0.25, 0.3) is 0 Å². The van der Waals surface area contributed by atoms with Gasteiger partial charge in [0.1, 0.15) is 0 Å². The van der Waals surface area contributed by atoms with Crippen LogP contribution in [0.2, 0.25) is 0 Å². The third kappa shape index (κ3) is 2.95. The minimum absolute atomic E-state index is 0.256. The Morgan fingerprint density at radius 1 is 1.20 bits per heavy atom. The van der Waals surface area contributed by atoms with Crippen LogP contribution in [0.4, 0.5) is 0 Å². The molecule has 2 atom stereocenters. The molecule has 0 bridgehead atoms. The Morgan fingerprint density at radius 3 is 2.55 bits per heavy atom. The minimum atomic E-state index is 0.256. The number of nitrogens with two attached hydrogens (primary N) is 1. The molecule has 0 saturated heterocycles. The monoisotopic (exact) mass is 288 g/mol. The van der Waals surface area contributed by atoms with Crippen LogP contribution in [-0.4, -0.2) is 18.5 Å². The fourth-order valence-corrected chi connectivity index (χ4v) is 3.48. The first-order valence-corrected chi connectivity index (χ1v) is 7.95. The quantitative estimate of drug-likeness (QED) is 0.899. The van der Waals surface area contributed by atoms with Gasteiger partial charge < -0.3 is 5.73 Å². The Balaban J connectivity index is 2.30. The van der Waals surface area contributed by atoms with Gasteiger partial charge >= 0.3 is 0 Å². The van der Waals surface area contributed by atoms with Gasteiger partial charge in [-0.05, 0) is 56.0 Å². The van der Waals surface area contributed by atoms with Gasteiger partial charge in [0.05, 0.1) is 0 Å². The van der Waals surface area contributed by atoms with Crippen LogP contribution >= 0.6 is 11.3 Å². The van der Waals surface area contributed by atoms with E-state index in [1.807, 2.05) is 11.3 Å². The van der Waals surface area contributed by atoms with E-state index in [0.717, 1.165) is 0 Å². The molecule has 2 rings (SSSR count). The number of aryl methyl sites for hydroxylation is 1. The van der Waals surface area contributed by atoms with E-state index in [1.165, 1.54) is 21.6 Å². The van der Waals surface area contributed by atoms with Gasteiger partial charge in [-0.1, -0.05) is 24.3 Å². The van der Waals surface area contributed by atoms with Crippen LogP contribution in [0.1, 0.15) is 40.6 Å². The van der Waals surface area contributed by atoms with Crippen molar-refractivity contribution in [3.8, 4) is 0 Å². The molecule has 2 N–H and O–H groups in total. The zero-order valence-electron chi connectivity index (χ0n) is 12.8. The molecular formula is C17H24N2S. The van der Waals surface area contributed by atoms with Crippen molar-refractivity contribution < 1.29 is 0 Å². The number of thiophene rings is 1. The van der Waals surface area contributed by atoms with E-state index in [-0.39, 0.29) is 6.04 Å². The van der Waals surface area contributed by atoms with Crippen molar-refractivity contribution >= 4 is 11.3 Å². The summed E-state index contributed by atoms with van der Waals surface area (Å²) in [6.45, 7) is 7.24. The molecule has 0 saturated carbocycles. The van der Waals surface area contributed by atoms with Gasteiger partial charge in [-0.3, -0.25) is 4.90 Å². The van der Waals surface area contributed by atoms with Crippen LogP contribution in [0.3, 0.4) is 0 Å². The molecule has 0 aliphatic heterocycles. The van der Waals surface area contributed by atoms with Crippen molar-refractivity contribution in [1.82, 2.24) is 4.90 Å². The third-order valence-corrected chi connectivity index (χ3v) is 5.33. The molecule has 108 valence electrons. The van der Waals surface area contributed by atoms with E-state index in [4.69, 9.17) is 5.73 Å². The lowest BCUT2D eigenvalue weighted by Crippen LogP contribution is -2.33. The topological polar surface area (TPSA) is 29.3 Å². The summed E-state index contributed by atoms with van der Waals surface area (Å²) in [5.74, 6) is 0. The summed E-state index contributed by atoms with van der Waals surface area (Å²) in [4.78, 5) is 3.77. The zero-order chi connectivity index (χ0) is 14.7. The van der Waals surface area contributed by atoms with Crippen molar-refractivity contribution in [1.29, 1.82) is 0 Å². The molecule has 0 aliphatic rings. The van der Waals surface area contributed by atoms with Gasteiger partial charge in [0, 0.05) is 23.5 Å². The first kappa shape index (κ1) is 15.2. The Bertz CT molecular complexity index is 548. The second-order valence-electron chi connectivity index (χ2n) is 5.40. The van der Waals surface area contributed by atoms with Crippen LogP contribution in [0.25, 0.3) is 0 Å². The van der Waals surface area contributed by atoms with Gasteiger partial charge in [0.2, 0.25) is 0 Å². The van der Waals surface area contributed by atoms with Gasteiger partial charge in [0.15, 0.2) is 0 Å². The van der Waals surface area contributed by atoms with Crippen LogP contribution in [0.5, 0.6) is 0 Å². The highest BCUT2D eigenvalue weighted by atomic mass is 32.1. The summed E-state index contributed by atoms with van der Waals surface area (Å²) < 4.78 is 0. The number of hydrogen-bond donors (Lipinski definition) is 1. The molecule has 2 aromatic rings. The lowest BCUT2D eigenvalue weighted by molar-refractivity contribution is 0.192. The Kier molecular flexibility index (Phi) is 4.97. The molecule has 0 radical (unpaired) electrons. The number of likely N-dealkylation sites (N-methyl/N-ethyl adjacent to an activating group) is 1. The first-order valence-electron chi connectivity index (χ1n) is 7.07. The van der Waals surface area contributed by atoms with Crippen molar-refractivity contribution in [2.45, 2.75) is 32.9 Å². The van der Waals surface area contributed by atoms with E-state index in [2.05, 4.69) is 68.4 Å². The smallest absolute Gasteiger partial charge is 0.0476 e. The molecule has 2 nitrogen and oxygen atoms in total. The van der Waals surface area contributed by atoms with Crippen LogP contribution in [0, 0.1) is 13.8 Å². The summed E-state index contributed by atoms with van der Waals surface area (Å²) in [5.41, 5.74) is 10.1. The Morgan fingerprint density at radius 2 is 1.95 bits per heavy atom. The molecule has 0 spiro atoms. The highest BCUT2D eigenvalue weighted by molar-refractivity contribution is 7.10. The normalized spacial score (nSPS) is 14.5. The first-order chi connectivity index (χ1) is 9.56. The third-order valence-electron chi connectivity index (χ3n) is 4.29. The van der Waals surface area contributed by atoms with Crippen molar-refractivity contribution in [3.05, 3.63) is 57.3 Å². The second kappa shape index (κ2) is 6.53. The van der Waals surface area contributed by atoms with Gasteiger partial charge in [-0.25, -0.2) is 0 Å². The fraction of sp³-hybridized carbons (Fsp3) is 0.412. The number of hydrogen-bond acceptors (Lipinski definition) is 3. The molecule has 0 aliphatic carbocycles. The maximum Gasteiger partial charge on any atom is 0.0476 e. The Hall–Kier alpha value is -1.16. The molecular weight excluding hydrogens is 264 g/mol. The standard InChI is InChI=1S/C17H24N2S/c1-12-7-5-8-15(13(12)2)16(11-18)19(4)14(3)17-9-6-10-20-17/h5-10,14,16H,11,18H2,1-4H3. The van der Waals surface area contributed by atoms with Crippen molar-refractivity contribution in [2.75, 3.05) is 13.6 Å². The van der Waals surface area contributed by atoms with Crippen molar-refractivity contribution in [3.63, 3.8) is 0 Å². The zero-order valence-corrected chi connectivity index (χ0v) is 13.6. The summed E-state index contributed by atoms with van der Waals surface area (Å²) in [6.07, 6.45) is 0. The van der Waals surface area contributed by atoms with Crippen LogP contribution in [-0.2, 0) is 0 Å². The average molecular weight is 288 g/mol. The van der Waals surface area contributed by atoms with Crippen LogP contribution < -0.4 is 5.73 Å². The lowest BCUT2D eigenvalue weighted by Gasteiger charge is -2.33. The minimum Gasteiger partial charge on any atom is -0.329 e. The summed E-state index contributed by atoms with van der Waals surface area (Å²) in [7, 11) is 2.17. The summed E-state index contributed by atoms with van der Waals surface area (Å²) in [5, 5.41) is 2.13. The van der Waals surface area contributed by atoms with E-state index < -0.39 is 0 Å². The van der Waals surface area contributed by atoms with E-state index >= 15 is 0 Å². The molecule has 2 unspecified atom stereocenters. The van der Waals surface area contributed by atoms with E-state index in [1.54, 1.807) is 0 Å². The van der Waals surface area contributed by atoms with E-state index in [0.29, 0.717) is 12.6 Å². The predicted octanol–water partition coefficient (Wildman–Crippen LogP) is 4.06. The van der Waals surface area contributed by atoms with E-state index in [9.17, 15) is 0 Å². The SMILES string of the molecule is Cc1cccc(C(CN)N(C)C(C)c2cccs2)c1C. The number of rotatable bonds is 5. The largest absolute Gasteiger partial charge is 0.329 e. The van der Waals surface area contributed by atoms with Crippen molar-refractivity contribution in [2.24, 2.45) is 5.73 Å². The maximum absolute atomic E-state index is 6.08. The lowest BCUT2D eigenvalue weighted by atomic mass is 9.96. The highest BCUT2D eigenvalue weighted by Gasteiger charge is 2.23. The molecule has 0 fully saturated rings. The molecule has 3 heteroatoms. The summed E-state index contributed by atoms with van der Waals surface area (Å²) >= 11 is 1.81. The molecule has 20 heavy (non-hydrogen) atoms. The molecule has 1 heterocycles. The average Bonchev–Trinajstić information content (AvgIpc) is 2.97. The van der Waals surface area contributed by atoms with Gasteiger partial charge in [-0.2, -0.15) is 0 Å². The molecule has 0 amide bonds. The molecule has 1 aromatic carbocycles. The Labute approximate surface area is 126 Å². The maximum atomic E-state index is 6.08.